The first-order valence-corrected chi connectivity index (χ1v) is 12.5. The Hall–Kier alpha value is -3.91. The van der Waals surface area contributed by atoms with Gasteiger partial charge in [-0.3, -0.25) is 14.2 Å². The molecule has 0 saturated carbocycles. The lowest BCUT2D eigenvalue weighted by atomic mass is 10.1. The summed E-state index contributed by atoms with van der Waals surface area (Å²) in [6.45, 7) is 2.79. The third kappa shape index (κ3) is 4.83. The van der Waals surface area contributed by atoms with Gasteiger partial charge in [-0.2, -0.15) is 0 Å². The van der Waals surface area contributed by atoms with E-state index >= 15 is 0 Å². The van der Waals surface area contributed by atoms with Crippen LogP contribution in [-0.4, -0.2) is 38.9 Å². The maximum absolute atomic E-state index is 13.0. The van der Waals surface area contributed by atoms with Gasteiger partial charge in [0, 0.05) is 23.5 Å². The summed E-state index contributed by atoms with van der Waals surface area (Å²) < 4.78 is 1.91. The molecule has 0 atom stereocenters. The van der Waals surface area contributed by atoms with Crippen LogP contribution >= 0.6 is 11.8 Å². The van der Waals surface area contributed by atoms with Gasteiger partial charge in [0.25, 0.3) is 5.91 Å². The van der Waals surface area contributed by atoms with Gasteiger partial charge in [0.1, 0.15) is 6.33 Å². The Morgan fingerprint density at radius 1 is 0.971 bits per heavy atom. The molecule has 4 aromatic rings. The van der Waals surface area contributed by atoms with Crippen molar-refractivity contribution in [2.75, 3.05) is 22.5 Å². The van der Waals surface area contributed by atoms with E-state index in [2.05, 4.69) is 34.6 Å². The van der Waals surface area contributed by atoms with Crippen molar-refractivity contribution in [3.8, 4) is 5.69 Å². The number of aromatic nitrogens is 3. The second-order valence-electron chi connectivity index (χ2n) is 8.22. The first-order chi connectivity index (χ1) is 17.1. The van der Waals surface area contributed by atoms with E-state index in [0.29, 0.717) is 23.0 Å². The highest BCUT2D eigenvalue weighted by atomic mass is 32.2. The van der Waals surface area contributed by atoms with Gasteiger partial charge in [-0.15, -0.1) is 10.2 Å². The van der Waals surface area contributed by atoms with E-state index in [9.17, 15) is 9.59 Å². The highest BCUT2D eigenvalue weighted by Gasteiger charge is 2.25. The average Bonchev–Trinajstić information content (AvgIpc) is 3.54. The maximum atomic E-state index is 13.0. The Kier molecular flexibility index (Phi) is 6.63. The largest absolute Gasteiger partial charge is 0.325 e. The molecule has 1 aromatic heterocycles. The number of thioether (sulfide) groups is 1. The molecule has 0 bridgehead atoms. The molecule has 8 heteroatoms. The van der Waals surface area contributed by atoms with E-state index in [-0.39, 0.29) is 17.6 Å². The smallest absolute Gasteiger partial charge is 0.258 e. The van der Waals surface area contributed by atoms with Gasteiger partial charge in [-0.25, -0.2) is 0 Å². The molecule has 0 spiro atoms. The topological polar surface area (TPSA) is 80.1 Å². The molecule has 0 unspecified atom stereocenters. The monoisotopic (exact) mass is 483 g/mol. The van der Waals surface area contributed by atoms with E-state index in [1.807, 2.05) is 45.9 Å². The molecule has 2 heterocycles. The summed E-state index contributed by atoms with van der Waals surface area (Å²) in [5.41, 5.74) is 5.61. The molecular weight excluding hydrogens is 458 g/mol. The highest BCUT2D eigenvalue weighted by molar-refractivity contribution is 7.99. The molecule has 3 aromatic carbocycles. The second kappa shape index (κ2) is 10.1. The molecule has 176 valence electrons. The highest BCUT2D eigenvalue weighted by Crippen LogP contribution is 2.29. The van der Waals surface area contributed by atoms with Crippen molar-refractivity contribution >= 4 is 35.0 Å². The van der Waals surface area contributed by atoms with E-state index < -0.39 is 0 Å². The third-order valence-electron chi connectivity index (χ3n) is 6.03. The van der Waals surface area contributed by atoms with Crippen LogP contribution in [0.15, 0.2) is 84.3 Å². The second-order valence-corrected chi connectivity index (χ2v) is 9.16. The molecule has 7 nitrogen and oxygen atoms in total. The number of nitrogens with one attached hydrogen (secondary N) is 1. The van der Waals surface area contributed by atoms with Crippen molar-refractivity contribution in [3.63, 3.8) is 0 Å². The molecule has 1 aliphatic rings. The third-order valence-corrected chi connectivity index (χ3v) is 6.97. The van der Waals surface area contributed by atoms with Crippen molar-refractivity contribution in [2.45, 2.75) is 24.9 Å². The van der Waals surface area contributed by atoms with Gasteiger partial charge in [0.05, 0.1) is 11.4 Å². The average molecular weight is 484 g/mol. The van der Waals surface area contributed by atoms with Crippen LogP contribution in [0.1, 0.15) is 28.4 Å². The fourth-order valence-corrected chi connectivity index (χ4v) is 4.98. The molecule has 0 saturated heterocycles. The Balaban J connectivity index is 1.20. The number of para-hydroxylation sites is 2. The van der Waals surface area contributed by atoms with Gasteiger partial charge in [-0.1, -0.05) is 55.1 Å². The quantitative estimate of drug-likeness (QED) is 0.383. The minimum absolute atomic E-state index is 0.0323. The molecule has 0 aliphatic carbocycles. The Bertz CT molecular complexity index is 1370. The minimum atomic E-state index is -0.152. The molecule has 5 rings (SSSR count). The number of carbonyl (C=O) groups excluding carboxylic acids is 2. The van der Waals surface area contributed by atoms with Crippen molar-refractivity contribution in [1.29, 1.82) is 0 Å². The molecule has 1 aliphatic heterocycles. The number of anilines is 2. The van der Waals surface area contributed by atoms with Crippen molar-refractivity contribution < 1.29 is 9.59 Å². The summed E-state index contributed by atoms with van der Waals surface area (Å²) in [7, 11) is 0. The van der Waals surface area contributed by atoms with Crippen LogP contribution in [0.25, 0.3) is 5.69 Å². The van der Waals surface area contributed by atoms with E-state index in [1.54, 1.807) is 30.6 Å². The lowest BCUT2D eigenvalue weighted by Gasteiger charge is -2.17. The fourth-order valence-electron chi connectivity index (χ4n) is 4.26. The zero-order chi connectivity index (χ0) is 24.2. The number of amides is 2. The first-order valence-electron chi connectivity index (χ1n) is 11.5. The Morgan fingerprint density at radius 2 is 1.71 bits per heavy atom. The first kappa shape index (κ1) is 22.9. The number of nitrogens with zero attached hydrogens (tertiary/aromatic N) is 4. The van der Waals surface area contributed by atoms with Crippen LogP contribution in [0.4, 0.5) is 11.4 Å². The zero-order valence-corrected chi connectivity index (χ0v) is 20.2. The van der Waals surface area contributed by atoms with E-state index in [0.717, 1.165) is 24.2 Å². The van der Waals surface area contributed by atoms with Crippen LogP contribution in [0.5, 0.6) is 0 Å². The predicted octanol–water partition coefficient (Wildman–Crippen LogP) is 4.76. The Labute approximate surface area is 208 Å². The van der Waals surface area contributed by atoms with E-state index in [4.69, 9.17) is 0 Å². The van der Waals surface area contributed by atoms with Gasteiger partial charge in [0.15, 0.2) is 5.16 Å². The summed E-state index contributed by atoms with van der Waals surface area (Å²) in [6.07, 6.45) is 3.43. The lowest BCUT2D eigenvalue weighted by Crippen LogP contribution is -2.28. The van der Waals surface area contributed by atoms with Gasteiger partial charge in [-0.05, 0) is 60.4 Å². The summed E-state index contributed by atoms with van der Waals surface area (Å²) in [6, 6.07) is 23.1. The number of benzene rings is 3. The van der Waals surface area contributed by atoms with Crippen LogP contribution in [0, 0.1) is 0 Å². The molecule has 1 N–H and O–H groups in total. The predicted molar refractivity (Wildman–Crippen MR) is 138 cm³/mol. The van der Waals surface area contributed by atoms with E-state index in [1.165, 1.54) is 22.9 Å². The number of carbonyl (C=O) groups is 2. The van der Waals surface area contributed by atoms with Gasteiger partial charge >= 0.3 is 0 Å². The summed E-state index contributed by atoms with van der Waals surface area (Å²) in [5.74, 6) is 0.00838. The zero-order valence-electron chi connectivity index (χ0n) is 19.3. The standard InChI is InChI=1S/C27H25N5O2S/c1-2-19-7-3-5-9-23(19)32-18-28-30-27(32)35-17-25(33)29-22-13-11-21(12-14-22)26(34)31-16-15-20-8-4-6-10-24(20)31/h3-14,18H,2,15-17H2,1H3,(H,29,33). The number of hydrogen-bond acceptors (Lipinski definition) is 5. The van der Waals surface area contributed by atoms with Crippen LogP contribution in [0.2, 0.25) is 0 Å². The fraction of sp³-hybridized carbons (Fsp3) is 0.185. The number of hydrogen-bond donors (Lipinski definition) is 1. The van der Waals surface area contributed by atoms with Crippen molar-refractivity contribution in [2.24, 2.45) is 0 Å². The van der Waals surface area contributed by atoms with Crippen LogP contribution in [0.3, 0.4) is 0 Å². The molecule has 2 amide bonds. The van der Waals surface area contributed by atoms with Crippen molar-refractivity contribution in [1.82, 2.24) is 14.8 Å². The molecule has 35 heavy (non-hydrogen) atoms. The SMILES string of the molecule is CCc1ccccc1-n1cnnc1SCC(=O)Nc1ccc(C(=O)N2CCc3ccccc32)cc1. The molecule has 0 fully saturated rings. The molecular formula is C27H25N5O2S. The normalized spacial score (nSPS) is 12.4. The molecule has 0 radical (unpaired) electrons. The summed E-state index contributed by atoms with van der Waals surface area (Å²) >= 11 is 1.33. The summed E-state index contributed by atoms with van der Waals surface area (Å²) in [4.78, 5) is 27.4. The minimum Gasteiger partial charge on any atom is -0.325 e. The maximum Gasteiger partial charge on any atom is 0.258 e. The Morgan fingerprint density at radius 3 is 2.51 bits per heavy atom. The lowest BCUT2D eigenvalue weighted by molar-refractivity contribution is -0.113. The van der Waals surface area contributed by atoms with Crippen molar-refractivity contribution in [3.05, 3.63) is 95.8 Å². The van der Waals surface area contributed by atoms with Gasteiger partial charge in [0.2, 0.25) is 5.91 Å². The van der Waals surface area contributed by atoms with Crippen LogP contribution in [-0.2, 0) is 17.6 Å². The number of rotatable bonds is 7. The van der Waals surface area contributed by atoms with Crippen LogP contribution < -0.4 is 10.2 Å². The number of aryl methyl sites for hydroxylation is 1. The van der Waals surface area contributed by atoms with Gasteiger partial charge < -0.3 is 10.2 Å². The summed E-state index contributed by atoms with van der Waals surface area (Å²) in [5, 5.41) is 11.8. The number of fused-ring (bicyclic) bond motifs is 1.